The molecule has 0 fully saturated rings. The summed E-state index contributed by atoms with van der Waals surface area (Å²) in [6, 6.07) is 7.50. The van der Waals surface area contributed by atoms with E-state index in [0.717, 1.165) is 24.3 Å². The van der Waals surface area contributed by atoms with E-state index in [1.807, 2.05) is 24.3 Å². The quantitative estimate of drug-likeness (QED) is 0.699. The zero-order valence-corrected chi connectivity index (χ0v) is 12.1. The molecular formula is C15H25NO3. The molecule has 0 aliphatic rings. The summed E-state index contributed by atoms with van der Waals surface area (Å²) in [5.74, 6) is 1.64. The van der Waals surface area contributed by atoms with Crippen LogP contribution in [-0.4, -0.2) is 32.5 Å². The molecule has 0 atom stereocenters. The van der Waals surface area contributed by atoms with Gasteiger partial charge < -0.3 is 19.9 Å². The van der Waals surface area contributed by atoms with Crippen molar-refractivity contribution in [3.63, 3.8) is 0 Å². The molecule has 19 heavy (non-hydrogen) atoms. The highest BCUT2D eigenvalue weighted by Gasteiger charge is 2.19. The lowest BCUT2D eigenvalue weighted by Gasteiger charge is -2.26. The average molecular weight is 267 g/mol. The van der Waals surface area contributed by atoms with E-state index in [1.165, 1.54) is 0 Å². The zero-order chi connectivity index (χ0) is 14.1. The minimum absolute atomic E-state index is 0.208. The fraction of sp³-hybridized carbons (Fsp3) is 0.600. The largest absolute Gasteiger partial charge is 0.497 e. The molecule has 0 bridgehead atoms. The summed E-state index contributed by atoms with van der Waals surface area (Å²) in [6.45, 7) is 5.81. The second kappa shape index (κ2) is 8.02. The Balaban J connectivity index is 2.20. The molecule has 1 aromatic carbocycles. The van der Waals surface area contributed by atoms with Crippen molar-refractivity contribution in [2.24, 2.45) is 5.73 Å². The lowest BCUT2D eigenvalue weighted by Crippen LogP contribution is -2.43. The first kappa shape index (κ1) is 15.8. The highest BCUT2D eigenvalue weighted by Crippen LogP contribution is 2.17. The maximum absolute atomic E-state index is 6.14. The summed E-state index contributed by atoms with van der Waals surface area (Å²) in [7, 11) is 1.64. The molecule has 0 radical (unpaired) electrons. The molecule has 0 aromatic heterocycles. The highest BCUT2D eigenvalue weighted by atomic mass is 16.5. The van der Waals surface area contributed by atoms with Crippen molar-refractivity contribution in [1.82, 2.24) is 0 Å². The standard InChI is InChI=1S/C15H25NO3/c1-4-15(16,5-2)12-18-10-11-19-14-8-6-13(17-3)7-9-14/h6-9H,4-5,10-12,16H2,1-3H3. The Morgan fingerprint density at radius 2 is 1.58 bits per heavy atom. The minimum Gasteiger partial charge on any atom is -0.497 e. The summed E-state index contributed by atoms with van der Waals surface area (Å²) >= 11 is 0. The number of hydrogen-bond acceptors (Lipinski definition) is 4. The van der Waals surface area contributed by atoms with Crippen molar-refractivity contribution in [3.8, 4) is 11.5 Å². The first-order valence-electron chi connectivity index (χ1n) is 6.77. The van der Waals surface area contributed by atoms with Gasteiger partial charge in [-0.1, -0.05) is 13.8 Å². The molecule has 4 nitrogen and oxygen atoms in total. The van der Waals surface area contributed by atoms with Gasteiger partial charge in [0.2, 0.25) is 0 Å². The number of rotatable bonds is 9. The molecule has 0 saturated heterocycles. The maximum Gasteiger partial charge on any atom is 0.119 e. The van der Waals surface area contributed by atoms with Gasteiger partial charge in [0.05, 0.1) is 20.3 Å². The topological polar surface area (TPSA) is 53.7 Å². The third-order valence-corrected chi connectivity index (χ3v) is 3.35. The molecule has 1 rings (SSSR count). The van der Waals surface area contributed by atoms with Crippen LogP contribution in [-0.2, 0) is 4.74 Å². The van der Waals surface area contributed by atoms with Gasteiger partial charge in [-0.2, -0.15) is 0 Å². The van der Waals surface area contributed by atoms with Crippen LogP contribution in [0.15, 0.2) is 24.3 Å². The Labute approximate surface area is 115 Å². The molecule has 0 heterocycles. The highest BCUT2D eigenvalue weighted by molar-refractivity contribution is 5.31. The molecule has 108 valence electrons. The van der Waals surface area contributed by atoms with E-state index >= 15 is 0 Å². The van der Waals surface area contributed by atoms with E-state index in [9.17, 15) is 0 Å². The molecule has 0 unspecified atom stereocenters. The summed E-state index contributed by atoms with van der Waals surface area (Å²) in [5, 5.41) is 0. The van der Waals surface area contributed by atoms with Crippen molar-refractivity contribution in [3.05, 3.63) is 24.3 Å². The SMILES string of the molecule is CCC(N)(CC)COCCOc1ccc(OC)cc1. The van der Waals surface area contributed by atoms with Crippen LogP contribution in [0, 0.1) is 0 Å². The number of hydrogen-bond donors (Lipinski definition) is 1. The Morgan fingerprint density at radius 3 is 2.11 bits per heavy atom. The van der Waals surface area contributed by atoms with Gasteiger partial charge in [0.25, 0.3) is 0 Å². The molecule has 4 heteroatoms. The van der Waals surface area contributed by atoms with Crippen LogP contribution in [0.2, 0.25) is 0 Å². The smallest absolute Gasteiger partial charge is 0.119 e. The monoisotopic (exact) mass is 267 g/mol. The molecule has 1 aromatic rings. The Kier molecular flexibility index (Phi) is 6.67. The second-order valence-corrected chi connectivity index (χ2v) is 4.65. The van der Waals surface area contributed by atoms with Gasteiger partial charge in [-0.05, 0) is 37.1 Å². The summed E-state index contributed by atoms with van der Waals surface area (Å²) in [5.41, 5.74) is 5.93. The van der Waals surface area contributed by atoms with Crippen LogP contribution in [0.25, 0.3) is 0 Å². The first-order chi connectivity index (χ1) is 9.13. The van der Waals surface area contributed by atoms with E-state index < -0.39 is 0 Å². The van der Waals surface area contributed by atoms with Crippen molar-refractivity contribution in [2.45, 2.75) is 32.2 Å². The summed E-state index contributed by atoms with van der Waals surface area (Å²) in [4.78, 5) is 0. The maximum atomic E-state index is 6.14. The van der Waals surface area contributed by atoms with Crippen LogP contribution in [0.3, 0.4) is 0 Å². The second-order valence-electron chi connectivity index (χ2n) is 4.65. The number of ether oxygens (including phenoxy) is 3. The number of methoxy groups -OCH3 is 1. The Morgan fingerprint density at radius 1 is 1.00 bits per heavy atom. The van der Waals surface area contributed by atoms with Crippen LogP contribution in [0.4, 0.5) is 0 Å². The minimum atomic E-state index is -0.208. The van der Waals surface area contributed by atoms with Gasteiger partial charge in [-0.25, -0.2) is 0 Å². The van der Waals surface area contributed by atoms with E-state index in [-0.39, 0.29) is 5.54 Å². The Bertz CT molecular complexity index is 347. The molecule has 0 aliphatic heterocycles. The molecule has 0 spiro atoms. The van der Waals surface area contributed by atoms with E-state index in [2.05, 4.69) is 13.8 Å². The number of nitrogens with two attached hydrogens (primary N) is 1. The van der Waals surface area contributed by atoms with Gasteiger partial charge in [-0.3, -0.25) is 0 Å². The van der Waals surface area contributed by atoms with Crippen molar-refractivity contribution >= 4 is 0 Å². The van der Waals surface area contributed by atoms with Crippen molar-refractivity contribution in [2.75, 3.05) is 26.9 Å². The summed E-state index contributed by atoms with van der Waals surface area (Å²) < 4.78 is 16.2. The third-order valence-electron chi connectivity index (χ3n) is 3.35. The fourth-order valence-electron chi connectivity index (χ4n) is 1.62. The summed E-state index contributed by atoms with van der Waals surface area (Å²) in [6.07, 6.45) is 1.84. The third kappa shape index (κ3) is 5.49. The van der Waals surface area contributed by atoms with Gasteiger partial charge in [0.15, 0.2) is 0 Å². The van der Waals surface area contributed by atoms with Gasteiger partial charge in [-0.15, -0.1) is 0 Å². The van der Waals surface area contributed by atoms with Crippen LogP contribution in [0.1, 0.15) is 26.7 Å². The zero-order valence-electron chi connectivity index (χ0n) is 12.1. The van der Waals surface area contributed by atoms with Crippen LogP contribution in [0.5, 0.6) is 11.5 Å². The van der Waals surface area contributed by atoms with Crippen LogP contribution < -0.4 is 15.2 Å². The average Bonchev–Trinajstić information content (AvgIpc) is 2.47. The Hall–Kier alpha value is -1.26. The lowest BCUT2D eigenvalue weighted by molar-refractivity contribution is 0.0598. The molecule has 0 aliphatic carbocycles. The molecule has 0 amide bonds. The molecular weight excluding hydrogens is 242 g/mol. The predicted octanol–water partition coefficient (Wildman–Crippen LogP) is 2.61. The van der Waals surface area contributed by atoms with Crippen molar-refractivity contribution < 1.29 is 14.2 Å². The lowest BCUT2D eigenvalue weighted by atomic mass is 9.96. The van der Waals surface area contributed by atoms with Gasteiger partial charge in [0.1, 0.15) is 18.1 Å². The van der Waals surface area contributed by atoms with E-state index in [4.69, 9.17) is 19.9 Å². The van der Waals surface area contributed by atoms with Crippen molar-refractivity contribution in [1.29, 1.82) is 0 Å². The van der Waals surface area contributed by atoms with E-state index in [0.29, 0.717) is 19.8 Å². The number of benzene rings is 1. The van der Waals surface area contributed by atoms with Crippen LogP contribution >= 0.6 is 0 Å². The molecule has 2 N–H and O–H groups in total. The van der Waals surface area contributed by atoms with E-state index in [1.54, 1.807) is 7.11 Å². The fourth-order valence-corrected chi connectivity index (χ4v) is 1.62. The first-order valence-corrected chi connectivity index (χ1v) is 6.77. The predicted molar refractivity (Wildman–Crippen MR) is 76.8 cm³/mol. The molecule has 0 saturated carbocycles. The van der Waals surface area contributed by atoms with Gasteiger partial charge in [0, 0.05) is 5.54 Å². The van der Waals surface area contributed by atoms with Gasteiger partial charge >= 0.3 is 0 Å². The normalized spacial score (nSPS) is 11.4.